The van der Waals surface area contributed by atoms with Gasteiger partial charge in [0.15, 0.2) is 0 Å². The van der Waals surface area contributed by atoms with Crippen molar-refractivity contribution in [3.63, 3.8) is 0 Å². The minimum absolute atomic E-state index is 0.122. The Hall–Kier alpha value is -2.55. The number of thiophene rings is 1. The monoisotopic (exact) mass is 430 g/mol. The Bertz CT molecular complexity index is 1160. The van der Waals surface area contributed by atoms with Gasteiger partial charge in [0, 0.05) is 12.2 Å². The number of carbonyl (C=O) groups excluding carboxylic acids is 1. The van der Waals surface area contributed by atoms with E-state index >= 15 is 0 Å². The summed E-state index contributed by atoms with van der Waals surface area (Å²) in [6.45, 7) is 1.81. The molecule has 0 fully saturated rings. The van der Waals surface area contributed by atoms with Crippen LogP contribution in [-0.4, -0.2) is 24.7 Å². The van der Waals surface area contributed by atoms with E-state index in [-0.39, 0.29) is 17.2 Å². The zero-order valence-electron chi connectivity index (χ0n) is 15.6. The number of rotatable bonds is 4. The van der Waals surface area contributed by atoms with Crippen LogP contribution in [0.5, 0.6) is 0 Å². The molecule has 0 saturated heterocycles. The van der Waals surface area contributed by atoms with E-state index in [4.69, 9.17) is 0 Å². The third-order valence-electron chi connectivity index (χ3n) is 5.01. The summed E-state index contributed by atoms with van der Waals surface area (Å²) in [4.78, 5) is 13.1. The Morgan fingerprint density at radius 2 is 1.90 bits per heavy atom. The molecule has 3 aromatic rings. The molecule has 5 nitrogen and oxygen atoms in total. The maximum absolute atomic E-state index is 13.4. The molecule has 29 heavy (non-hydrogen) atoms. The second kappa shape index (κ2) is 7.70. The van der Waals surface area contributed by atoms with Gasteiger partial charge in [-0.3, -0.25) is 4.79 Å². The van der Waals surface area contributed by atoms with Gasteiger partial charge in [0.2, 0.25) is 5.91 Å². The van der Waals surface area contributed by atoms with Gasteiger partial charge in [-0.25, -0.2) is 12.8 Å². The number of anilines is 1. The molecule has 0 radical (unpaired) electrons. The number of sulfonamides is 1. The molecule has 1 aliphatic heterocycles. The van der Waals surface area contributed by atoms with Crippen molar-refractivity contribution < 1.29 is 17.6 Å². The minimum Gasteiger partial charge on any atom is -0.324 e. The summed E-state index contributed by atoms with van der Waals surface area (Å²) in [5, 5.41) is 4.47. The quantitative estimate of drug-likeness (QED) is 0.682. The van der Waals surface area contributed by atoms with E-state index in [0.29, 0.717) is 11.3 Å². The molecule has 8 heteroatoms. The van der Waals surface area contributed by atoms with E-state index in [9.17, 15) is 17.6 Å². The number of amides is 1. The standard InChI is InChI=1S/C21H19FN2O3S2/c1-14-11-17(22)8-9-18(14)23-21(25)19-12-15-5-2-3-6-16(15)13-24(19)29(26,27)20-7-4-10-28-20/h2-11,19H,12-13H2,1H3,(H,23,25). The fraction of sp³-hybridized carbons (Fsp3) is 0.190. The SMILES string of the molecule is Cc1cc(F)ccc1NC(=O)C1Cc2ccccc2CN1S(=O)(=O)c1cccs1. The highest BCUT2D eigenvalue weighted by Crippen LogP contribution is 2.31. The van der Waals surface area contributed by atoms with Crippen LogP contribution >= 0.6 is 11.3 Å². The number of nitrogens with zero attached hydrogens (tertiary/aromatic N) is 1. The third-order valence-corrected chi connectivity index (χ3v) is 8.24. The summed E-state index contributed by atoms with van der Waals surface area (Å²) < 4.78 is 41.3. The maximum Gasteiger partial charge on any atom is 0.253 e. The highest BCUT2D eigenvalue weighted by molar-refractivity contribution is 7.91. The molecule has 0 aliphatic carbocycles. The molecule has 1 aromatic heterocycles. The van der Waals surface area contributed by atoms with Gasteiger partial charge in [-0.2, -0.15) is 4.31 Å². The molecule has 1 aliphatic rings. The number of aryl methyl sites for hydroxylation is 1. The minimum atomic E-state index is -3.83. The van der Waals surface area contributed by atoms with Crippen molar-refractivity contribution in [2.45, 2.75) is 30.1 Å². The molecule has 2 aromatic carbocycles. The average Bonchev–Trinajstić information content (AvgIpc) is 3.25. The summed E-state index contributed by atoms with van der Waals surface area (Å²) in [5.41, 5.74) is 2.86. The highest BCUT2D eigenvalue weighted by atomic mass is 32.2. The first-order valence-electron chi connectivity index (χ1n) is 9.05. The Morgan fingerprint density at radius 3 is 2.59 bits per heavy atom. The second-order valence-corrected chi connectivity index (χ2v) is 9.98. The number of benzene rings is 2. The highest BCUT2D eigenvalue weighted by Gasteiger charge is 2.40. The topological polar surface area (TPSA) is 66.5 Å². The molecule has 0 bridgehead atoms. The van der Waals surface area contributed by atoms with Gasteiger partial charge in [-0.05, 0) is 59.7 Å². The molecular weight excluding hydrogens is 411 g/mol. The lowest BCUT2D eigenvalue weighted by molar-refractivity contribution is -0.120. The van der Waals surface area contributed by atoms with E-state index in [1.54, 1.807) is 24.4 Å². The van der Waals surface area contributed by atoms with Gasteiger partial charge in [-0.1, -0.05) is 30.3 Å². The van der Waals surface area contributed by atoms with E-state index < -0.39 is 27.8 Å². The van der Waals surface area contributed by atoms with Crippen LogP contribution < -0.4 is 5.32 Å². The summed E-state index contributed by atoms with van der Waals surface area (Å²) in [6.07, 6.45) is 0.271. The van der Waals surface area contributed by atoms with Crippen LogP contribution in [0.25, 0.3) is 0 Å². The second-order valence-electron chi connectivity index (χ2n) is 6.92. The Morgan fingerprint density at radius 1 is 1.14 bits per heavy atom. The third kappa shape index (κ3) is 3.83. The summed E-state index contributed by atoms with van der Waals surface area (Å²) in [7, 11) is -3.83. The smallest absolute Gasteiger partial charge is 0.253 e. The summed E-state index contributed by atoms with van der Waals surface area (Å²) in [6, 6.07) is 13.9. The number of halogens is 1. The largest absolute Gasteiger partial charge is 0.324 e. The van der Waals surface area contributed by atoms with Crippen molar-refractivity contribution >= 4 is 33.0 Å². The van der Waals surface area contributed by atoms with Gasteiger partial charge in [-0.15, -0.1) is 11.3 Å². The number of carbonyl (C=O) groups is 1. The van der Waals surface area contributed by atoms with E-state index in [2.05, 4.69) is 5.32 Å². The van der Waals surface area contributed by atoms with Crippen LogP contribution in [-0.2, 0) is 27.8 Å². The van der Waals surface area contributed by atoms with Gasteiger partial charge >= 0.3 is 0 Å². The predicted molar refractivity (Wildman–Crippen MR) is 111 cm³/mol. The Balaban J connectivity index is 1.71. The molecule has 2 heterocycles. The molecule has 150 valence electrons. The van der Waals surface area contributed by atoms with Crippen LogP contribution in [0, 0.1) is 12.7 Å². The number of hydrogen-bond donors (Lipinski definition) is 1. The maximum atomic E-state index is 13.4. The Labute approximate surface area is 172 Å². The average molecular weight is 431 g/mol. The van der Waals surface area contributed by atoms with Gasteiger partial charge in [0.05, 0.1) is 0 Å². The van der Waals surface area contributed by atoms with Crippen molar-refractivity contribution in [1.82, 2.24) is 4.31 Å². The van der Waals surface area contributed by atoms with Crippen molar-refractivity contribution in [3.8, 4) is 0 Å². The number of fused-ring (bicyclic) bond motifs is 1. The lowest BCUT2D eigenvalue weighted by atomic mass is 9.95. The fourth-order valence-corrected chi connectivity index (χ4v) is 6.17. The lowest BCUT2D eigenvalue weighted by Gasteiger charge is -2.34. The van der Waals surface area contributed by atoms with Crippen LogP contribution in [0.2, 0.25) is 0 Å². The molecule has 1 unspecified atom stereocenters. The Kier molecular flexibility index (Phi) is 5.24. The van der Waals surface area contributed by atoms with Crippen LogP contribution in [0.4, 0.5) is 10.1 Å². The van der Waals surface area contributed by atoms with Crippen molar-refractivity contribution in [2.24, 2.45) is 0 Å². The van der Waals surface area contributed by atoms with Gasteiger partial charge in [0.1, 0.15) is 16.1 Å². The van der Waals surface area contributed by atoms with Gasteiger partial charge in [0.25, 0.3) is 10.0 Å². The molecule has 0 spiro atoms. The van der Waals surface area contributed by atoms with Crippen LogP contribution in [0.1, 0.15) is 16.7 Å². The summed E-state index contributed by atoms with van der Waals surface area (Å²) >= 11 is 1.12. The zero-order chi connectivity index (χ0) is 20.6. The van der Waals surface area contributed by atoms with Crippen LogP contribution in [0.15, 0.2) is 64.2 Å². The molecule has 1 N–H and O–H groups in total. The van der Waals surface area contributed by atoms with Crippen molar-refractivity contribution in [1.29, 1.82) is 0 Å². The molecule has 0 saturated carbocycles. The van der Waals surface area contributed by atoms with E-state index in [1.807, 2.05) is 24.3 Å². The number of hydrogen-bond acceptors (Lipinski definition) is 4. The zero-order valence-corrected chi connectivity index (χ0v) is 17.3. The normalized spacial score (nSPS) is 17.0. The van der Waals surface area contributed by atoms with Crippen molar-refractivity contribution in [2.75, 3.05) is 5.32 Å². The lowest BCUT2D eigenvalue weighted by Crippen LogP contribution is -2.50. The summed E-state index contributed by atoms with van der Waals surface area (Å²) in [5.74, 6) is -0.830. The fourth-order valence-electron chi connectivity index (χ4n) is 3.48. The van der Waals surface area contributed by atoms with Gasteiger partial charge < -0.3 is 5.32 Å². The molecule has 4 rings (SSSR count). The first-order chi connectivity index (χ1) is 13.9. The van der Waals surface area contributed by atoms with Crippen LogP contribution in [0.3, 0.4) is 0 Å². The first kappa shape index (κ1) is 19.8. The molecule has 1 amide bonds. The molecule has 1 atom stereocenters. The van der Waals surface area contributed by atoms with E-state index in [0.717, 1.165) is 22.5 Å². The van der Waals surface area contributed by atoms with Crippen molar-refractivity contribution in [3.05, 3.63) is 82.5 Å². The molecular formula is C21H19FN2O3S2. The predicted octanol–water partition coefficient (Wildman–Crippen LogP) is 3.95. The van der Waals surface area contributed by atoms with E-state index in [1.165, 1.54) is 22.5 Å². The first-order valence-corrected chi connectivity index (χ1v) is 11.4. The number of nitrogens with one attached hydrogen (secondary N) is 1.